The van der Waals surface area contributed by atoms with E-state index in [1.165, 1.54) is 0 Å². The average Bonchev–Trinajstić information content (AvgIpc) is 3.15. The number of esters is 1. The van der Waals surface area contributed by atoms with Crippen LogP contribution in [-0.4, -0.2) is 35.2 Å². The highest BCUT2D eigenvalue weighted by atomic mass is 16.5. The van der Waals surface area contributed by atoms with Gasteiger partial charge in [0.15, 0.2) is 0 Å². The fourth-order valence-corrected chi connectivity index (χ4v) is 3.38. The van der Waals surface area contributed by atoms with E-state index in [9.17, 15) is 14.4 Å². The minimum absolute atomic E-state index is 0.0274. The Morgan fingerprint density at radius 2 is 2.00 bits per heavy atom. The molecule has 0 radical (unpaired) electrons. The largest absolute Gasteiger partial charge is 0.460 e. The molecule has 5 heteroatoms. The molecule has 0 spiro atoms. The molecule has 0 unspecified atom stereocenters. The van der Waals surface area contributed by atoms with Gasteiger partial charge in [-0.05, 0) is 31.4 Å². The van der Waals surface area contributed by atoms with Crippen LogP contribution in [0.4, 0.5) is 0 Å². The molecule has 1 fully saturated rings. The highest BCUT2D eigenvalue weighted by Gasteiger charge is 2.36. The van der Waals surface area contributed by atoms with Crippen LogP contribution in [0.2, 0.25) is 0 Å². The molecule has 1 saturated carbocycles. The van der Waals surface area contributed by atoms with Crippen molar-refractivity contribution < 1.29 is 19.1 Å². The van der Waals surface area contributed by atoms with Gasteiger partial charge in [-0.3, -0.25) is 9.59 Å². The highest BCUT2D eigenvalue weighted by molar-refractivity contribution is 6.41. The van der Waals surface area contributed by atoms with Crippen LogP contribution in [0.25, 0.3) is 0 Å². The van der Waals surface area contributed by atoms with Gasteiger partial charge in [-0.1, -0.05) is 25.0 Å². The molecular weight excluding hydrogens is 282 g/mol. The molecule has 0 saturated heterocycles. The average molecular weight is 301 g/mol. The molecule has 0 bridgehead atoms. The molecule has 1 amide bonds. The second-order valence-electron chi connectivity index (χ2n) is 5.75. The van der Waals surface area contributed by atoms with Gasteiger partial charge in [-0.25, -0.2) is 4.79 Å². The predicted octanol–water partition coefficient (Wildman–Crippen LogP) is 2.33. The highest BCUT2D eigenvalue weighted by Crippen LogP contribution is 2.33. The van der Waals surface area contributed by atoms with E-state index >= 15 is 0 Å². The Morgan fingerprint density at radius 3 is 2.68 bits per heavy atom. The Labute approximate surface area is 129 Å². The third kappa shape index (κ3) is 2.40. The van der Waals surface area contributed by atoms with E-state index in [0.29, 0.717) is 23.2 Å². The number of ether oxygens (including phenoxy) is 1. The quantitative estimate of drug-likeness (QED) is 0.486. The Balaban J connectivity index is 1.90. The molecule has 22 heavy (non-hydrogen) atoms. The van der Waals surface area contributed by atoms with E-state index in [-0.39, 0.29) is 18.6 Å². The van der Waals surface area contributed by atoms with Crippen LogP contribution in [0.15, 0.2) is 18.2 Å². The summed E-state index contributed by atoms with van der Waals surface area (Å²) >= 11 is 0. The van der Waals surface area contributed by atoms with Crippen LogP contribution in [0.5, 0.6) is 0 Å². The van der Waals surface area contributed by atoms with Crippen molar-refractivity contribution in [1.29, 1.82) is 0 Å². The lowest BCUT2D eigenvalue weighted by Crippen LogP contribution is -2.33. The second kappa shape index (κ2) is 5.91. The Kier molecular flexibility index (Phi) is 3.96. The fraction of sp³-hybridized carbons (Fsp3) is 0.471. The van der Waals surface area contributed by atoms with Gasteiger partial charge in [0, 0.05) is 23.7 Å². The molecule has 1 aliphatic heterocycles. The number of ketones is 1. The molecule has 1 aromatic carbocycles. The van der Waals surface area contributed by atoms with Crippen molar-refractivity contribution in [2.45, 2.75) is 45.2 Å². The Hall–Kier alpha value is -2.17. The molecule has 0 N–H and O–H groups in total. The number of amides is 1. The molecule has 1 heterocycles. The standard InChI is InChI=1S/C17H19NO4/c1-2-22-17(21)15(19)12-8-5-9-13-14(12)10-18(16(13)20)11-6-3-4-7-11/h5,8-9,11H,2-4,6-7,10H2,1H3. The number of Topliss-reactive ketones (excluding diaryl/α,β-unsaturated/α-hetero) is 1. The first-order chi connectivity index (χ1) is 10.6. The lowest BCUT2D eigenvalue weighted by molar-refractivity contribution is -0.137. The maximum absolute atomic E-state index is 12.6. The maximum Gasteiger partial charge on any atom is 0.379 e. The minimum atomic E-state index is -0.859. The summed E-state index contributed by atoms with van der Waals surface area (Å²) < 4.78 is 4.78. The van der Waals surface area contributed by atoms with Gasteiger partial charge in [0.1, 0.15) is 0 Å². The molecule has 0 aromatic heterocycles. The first-order valence-electron chi connectivity index (χ1n) is 7.77. The van der Waals surface area contributed by atoms with E-state index in [2.05, 4.69) is 0 Å². The molecule has 5 nitrogen and oxygen atoms in total. The summed E-state index contributed by atoms with van der Waals surface area (Å²) in [5.41, 5.74) is 1.50. The van der Waals surface area contributed by atoms with Gasteiger partial charge >= 0.3 is 5.97 Å². The first-order valence-corrected chi connectivity index (χ1v) is 7.77. The number of carbonyl (C=O) groups excluding carboxylic acids is 3. The molecular formula is C17H19NO4. The lowest BCUT2D eigenvalue weighted by atomic mass is 10.00. The third-order valence-corrected chi connectivity index (χ3v) is 4.47. The number of benzene rings is 1. The van der Waals surface area contributed by atoms with Crippen LogP contribution in [0.1, 0.15) is 58.9 Å². The van der Waals surface area contributed by atoms with Gasteiger partial charge in [0.2, 0.25) is 0 Å². The summed E-state index contributed by atoms with van der Waals surface area (Å²) in [6.45, 7) is 2.23. The minimum Gasteiger partial charge on any atom is -0.460 e. The van der Waals surface area contributed by atoms with Crippen molar-refractivity contribution in [3.8, 4) is 0 Å². The number of fused-ring (bicyclic) bond motifs is 1. The molecule has 1 aromatic rings. The van der Waals surface area contributed by atoms with E-state index < -0.39 is 11.8 Å². The zero-order chi connectivity index (χ0) is 15.7. The molecule has 3 rings (SSSR count). The van der Waals surface area contributed by atoms with Crippen LogP contribution in [-0.2, 0) is 16.1 Å². The number of hydrogen-bond donors (Lipinski definition) is 0. The van der Waals surface area contributed by atoms with Crippen molar-refractivity contribution >= 4 is 17.7 Å². The molecule has 1 aliphatic carbocycles. The SMILES string of the molecule is CCOC(=O)C(=O)c1cccc2c1CN(C1CCCC1)C2=O. The van der Waals surface area contributed by atoms with Gasteiger partial charge in [0.25, 0.3) is 11.7 Å². The van der Waals surface area contributed by atoms with Crippen molar-refractivity contribution in [3.63, 3.8) is 0 Å². The monoisotopic (exact) mass is 301 g/mol. The van der Waals surface area contributed by atoms with Gasteiger partial charge in [-0.2, -0.15) is 0 Å². The van der Waals surface area contributed by atoms with Crippen molar-refractivity contribution in [3.05, 3.63) is 34.9 Å². The topological polar surface area (TPSA) is 63.7 Å². The Morgan fingerprint density at radius 1 is 1.27 bits per heavy atom. The van der Waals surface area contributed by atoms with E-state index in [4.69, 9.17) is 4.74 Å². The van der Waals surface area contributed by atoms with Gasteiger partial charge < -0.3 is 9.64 Å². The van der Waals surface area contributed by atoms with Crippen molar-refractivity contribution in [1.82, 2.24) is 4.90 Å². The summed E-state index contributed by atoms with van der Waals surface area (Å²) in [5, 5.41) is 0. The predicted molar refractivity (Wildman–Crippen MR) is 79.5 cm³/mol. The van der Waals surface area contributed by atoms with E-state index in [1.54, 1.807) is 25.1 Å². The van der Waals surface area contributed by atoms with Crippen LogP contribution < -0.4 is 0 Å². The summed E-state index contributed by atoms with van der Waals surface area (Å²) in [7, 11) is 0. The van der Waals surface area contributed by atoms with E-state index in [1.807, 2.05) is 4.90 Å². The zero-order valence-electron chi connectivity index (χ0n) is 12.6. The Bertz CT molecular complexity index is 632. The fourth-order valence-electron chi connectivity index (χ4n) is 3.38. The summed E-state index contributed by atoms with van der Waals surface area (Å²) in [6, 6.07) is 5.24. The number of rotatable bonds is 4. The van der Waals surface area contributed by atoms with Crippen molar-refractivity contribution in [2.75, 3.05) is 6.61 Å². The van der Waals surface area contributed by atoms with E-state index in [0.717, 1.165) is 25.7 Å². The third-order valence-electron chi connectivity index (χ3n) is 4.47. The second-order valence-corrected chi connectivity index (χ2v) is 5.75. The number of carbonyl (C=O) groups is 3. The maximum atomic E-state index is 12.6. The first kappa shape index (κ1) is 14.8. The lowest BCUT2D eigenvalue weighted by Gasteiger charge is -2.23. The zero-order valence-corrected chi connectivity index (χ0v) is 12.6. The molecule has 0 atom stereocenters. The van der Waals surface area contributed by atoms with Crippen LogP contribution in [0.3, 0.4) is 0 Å². The summed E-state index contributed by atoms with van der Waals surface area (Å²) in [4.78, 5) is 38.3. The normalized spacial score (nSPS) is 17.7. The summed E-state index contributed by atoms with van der Waals surface area (Å²) in [6.07, 6.45) is 4.31. The van der Waals surface area contributed by atoms with Crippen molar-refractivity contribution in [2.24, 2.45) is 0 Å². The number of hydrogen-bond acceptors (Lipinski definition) is 4. The van der Waals surface area contributed by atoms with Crippen LogP contribution in [0, 0.1) is 0 Å². The molecule has 2 aliphatic rings. The van der Waals surface area contributed by atoms with Gasteiger partial charge in [-0.15, -0.1) is 0 Å². The van der Waals surface area contributed by atoms with Crippen LogP contribution >= 0.6 is 0 Å². The summed E-state index contributed by atoms with van der Waals surface area (Å²) in [5.74, 6) is -1.55. The number of nitrogens with zero attached hydrogens (tertiary/aromatic N) is 1. The molecule has 116 valence electrons. The smallest absolute Gasteiger partial charge is 0.379 e. The van der Waals surface area contributed by atoms with Gasteiger partial charge in [0.05, 0.1) is 6.61 Å².